The summed E-state index contributed by atoms with van der Waals surface area (Å²) in [5.41, 5.74) is 0. The van der Waals surface area contributed by atoms with Crippen LogP contribution in [-0.4, -0.2) is 17.1 Å². The van der Waals surface area contributed by atoms with Crippen molar-refractivity contribution in [1.29, 1.82) is 0 Å². The van der Waals surface area contributed by atoms with Crippen LogP contribution in [0.15, 0.2) is 29.2 Å². The zero-order valence-electron chi connectivity index (χ0n) is 8.66. The van der Waals surface area contributed by atoms with Crippen LogP contribution in [0.5, 0.6) is 5.75 Å². The van der Waals surface area contributed by atoms with Crippen LogP contribution in [0.2, 0.25) is 0 Å². The first-order chi connectivity index (χ1) is 6.79. The summed E-state index contributed by atoms with van der Waals surface area (Å²) in [6.07, 6.45) is 2.06. The van der Waals surface area contributed by atoms with E-state index in [1.165, 1.54) is 0 Å². The molecule has 0 aliphatic heterocycles. The number of methoxy groups -OCH3 is 1. The van der Waals surface area contributed by atoms with Crippen molar-refractivity contribution in [3.05, 3.63) is 24.3 Å². The zero-order valence-corrected chi connectivity index (χ0v) is 9.47. The van der Waals surface area contributed by atoms with Crippen molar-refractivity contribution in [3.63, 3.8) is 0 Å². The highest BCUT2D eigenvalue weighted by atomic mass is 32.2. The fourth-order valence-electron chi connectivity index (χ4n) is 1.19. The fraction of sp³-hybridized carbons (Fsp3) is 0.455. The fourth-order valence-corrected chi connectivity index (χ4v) is 2.57. The Hall–Kier alpha value is -0.830. The minimum absolute atomic E-state index is 0.719. The maximum Gasteiger partial charge on any atom is 0.134 e. The summed E-state index contributed by atoms with van der Waals surface area (Å²) in [6, 6.07) is 7.49. The predicted octanol–water partition coefficient (Wildman–Crippen LogP) is 2.60. The Labute approximate surface area is 87.7 Å². The van der Waals surface area contributed by atoms with Gasteiger partial charge in [0, 0.05) is 5.75 Å². The molecule has 1 unspecified atom stereocenters. The largest absolute Gasteiger partial charge is 0.495 e. The Morgan fingerprint density at radius 1 is 1.36 bits per heavy atom. The van der Waals surface area contributed by atoms with Gasteiger partial charge in [0.1, 0.15) is 5.75 Å². The van der Waals surface area contributed by atoms with E-state index in [1.807, 2.05) is 24.3 Å². The normalized spacial score (nSPS) is 12.4. The van der Waals surface area contributed by atoms with Crippen LogP contribution in [0.4, 0.5) is 0 Å². The van der Waals surface area contributed by atoms with Gasteiger partial charge in [-0.2, -0.15) is 0 Å². The van der Waals surface area contributed by atoms with Gasteiger partial charge in [-0.15, -0.1) is 0 Å². The van der Waals surface area contributed by atoms with Crippen LogP contribution in [-0.2, 0) is 10.8 Å². The van der Waals surface area contributed by atoms with Gasteiger partial charge in [-0.25, -0.2) is 0 Å². The molecule has 0 radical (unpaired) electrons. The molecule has 0 amide bonds. The van der Waals surface area contributed by atoms with Crippen molar-refractivity contribution < 1.29 is 8.95 Å². The molecule has 0 heterocycles. The summed E-state index contributed by atoms with van der Waals surface area (Å²) in [5, 5.41) is 0. The Kier molecular flexibility index (Phi) is 4.66. The van der Waals surface area contributed by atoms with E-state index in [0.717, 1.165) is 29.2 Å². The van der Waals surface area contributed by atoms with E-state index in [0.29, 0.717) is 0 Å². The molecule has 0 saturated carbocycles. The SMILES string of the molecule is CCCCS(=O)c1ccccc1OC. The van der Waals surface area contributed by atoms with Crippen molar-refractivity contribution in [3.8, 4) is 5.75 Å². The predicted molar refractivity (Wildman–Crippen MR) is 59.2 cm³/mol. The molecule has 1 aromatic rings. The minimum Gasteiger partial charge on any atom is -0.495 e. The first-order valence-corrected chi connectivity index (χ1v) is 6.13. The van der Waals surface area contributed by atoms with Crippen LogP contribution in [0.3, 0.4) is 0 Å². The Balaban J connectivity index is 2.78. The van der Waals surface area contributed by atoms with Crippen LogP contribution >= 0.6 is 0 Å². The first-order valence-electron chi connectivity index (χ1n) is 4.81. The summed E-state index contributed by atoms with van der Waals surface area (Å²) in [5.74, 6) is 1.44. The second kappa shape index (κ2) is 5.81. The smallest absolute Gasteiger partial charge is 0.134 e. The summed E-state index contributed by atoms with van der Waals surface area (Å²) >= 11 is 0. The van der Waals surface area contributed by atoms with Crippen molar-refractivity contribution in [1.82, 2.24) is 0 Å². The van der Waals surface area contributed by atoms with Gasteiger partial charge in [-0.05, 0) is 18.6 Å². The van der Waals surface area contributed by atoms with Crippen molar-refractivity contribution in [2.24, 2.45) is 0 Å². The molecule has 1 aromatic carbocycles. The maximum absolute atomic E-state index is 11.8. The lowest BCUT2D eigenvalue weighted by atomic mass is 10.3. The summed E-state index contributed by atoms with van der Waals surface area (Å²) < 4.78 is 17.0. The molecule has 2 nitrogen and oxygen atoms in total. The number of ether oxygens (including phenoxy) is 1. The number of hydrogen-bond acceptors (Lipinski definition) is 2. The standard InChI is InChI=1S/C11H16O2S/c1-3-4-9-14(12)11-8-6-5-7-10(11)13-2/h5-8H,3-4,9H2,1-2H3. The third-order valence-corrected chi connectivity index (χ3v) is 3.48. The van der Waals surface area contributed by atoms with Crippen LogP contribution < -0.4 is 4.74 Å². The van der Waals surface area contributed by atoms with Crippen molar-refractivity contribution in [2.75, 3.05) is 12.9 Å². The number of hydrogen-bond donors (Lipinski definition) is 0. The Morgan fingerprint density at radius 2 is 2.07 bits per heavy atom. The van der Waals surface area contributed by atoms with Crippen molar-refractivity contribution >= 4 is 10.8 Å². The van der Waals surface area contributed by atoms with Gasteiger partial charge >= 0.3 is 0 Å². The summed E-state index contributed by atoms with van der Waals surface area (Å²) in [6.45, 7) is 2.10. The van der Waals surface area contributed by atoms with E-state index in [9.17, 15) is 4.21 Å². The molecule has 0 bridgehead atoms. The third kappa shape index (κ3) is 2.84. The molecule has 0 aliphatic carbocycles. The summed E-state index contributed by atoms with van der Waals surface area (Å²) in [7, 11) is 0.687. The second-order valence-corrected chi connectivity index (χ2v) is 4.59. The third-order valence-electron chi connectivity index (χ3n) is 2.00. The highest BCUT2D eigenvalue weighted by Gasteiger charge is 2.08. The van der Waals surface area contributed by atoms with E-state index < -0.39 is 10.8 Å². The monoisotopic (exact) mass is 212 g/mol. The van der Waals surface area contributed by atoms with Crippen LogP contribution in [0.25, 0.3) is 0 Å². The van der Waals surface area contributed by atoms with E-state index in [2.05, 4.69) is 6.92 Å². The average molecular weight is 212 g/mol. The molecule has 0 aliphatic rings. The van der Waals surface area contributed by atoms with E-state index >= 15 is 0 Å². The molecular weight excluding hydrogens is 196 g/mol. The molecule has 0 aromatic heterocycles. The lowest BCUT2D eigenvalue weighted by molar-refractivity contribution is 0.404. The van der Waals surface area contributed by atoms with E-state index in [1.54, 1.807) is 7.11 Å². The molecule has 78 valence electrons. The molecule has 0 fully saturated rings. The average Bonchev–Trinajstić information content (AvgIpc) is 2.25. The lowest BCUT2D eigenvalue weighted by Gasteiger charge is -2.06. The first kappa shape index (κ1) is 11.2. The van der Waals surface area contributed by atoms with Gasteiger partial charge < -0.3 is 4.74 Å². The van der Waals surface area contributed by atoms with E-state index in [-0.39, 0.29) is 0 Å². The molecule has 0 N–H and O–H groups in total. The molecule has 3 heteroatoms. The molecule has 14 heavy (non-hydrogen) atoms. The zero-order chi connectivity index (χ0) is 10.4. The topological polar surface area (TPSA) is 26.3 Å². The molecule has 1 atom stereocenters. The quantitative estimate of drug-likeness (QED) is 0.750. The van der Waals surface area contributed by atoms with E-state index in [4.69, 9.17) is 4.74 Å². The number of rotatable bonds is 5. The highest BCUT2D eigenvalue weighted by Crippen LogP contribution is 2.21. The van der Waals surface area contributed by atoms with Gasteiger partial charge in [0.2, 0.25) is 0 Å². The Morgan fingerprint density at radius 3 is 2.71 bits per heavy atom. The molecule has 1 rings (SSSR count). The molecular formula is C11H16O2S. The van der Waals surface area contributed by atoms with Crippen molar-refractivity contribution in [2.45, 2.75) is 24.7 Å². The minimum atomic E-state index is -0.920. The molecule has 0 spiro atoms. The lowest BCUT2D eigenvalue weighted by Crippen LogP contribution is -2.00. The van der Waals surface area contributed by atoms with Gasteiger partial charge in [-0.1, -0.05) is 25.5 Å². The van der Waals surface area contributed by atoms with Gasteiger partial charge in [0.25, 0.3) is 0 Å². The number of benzene rings is 1. The van der Waals surface area contributed by atoms with Gasteiger partial charge in [0.15, 0.2) is 0 Å². The second-order valence-electron chi connectivity index (χ2n) is 3.05. The summed E-state index contributed by atoms with van der Waals surface area (Å²) in [4.78, 5) is 0.809. The van der Waals surface area contributed by atoms with Gasteiger partial charge in [0.05, 0.1) is 22.8 Å². The van der Waals surface area contributed by atoms with Gasteiger partial charge in [-0.3, -0.25) is 4.21 Å². The number of unbranched alkanes of at least 4 members (excludes halogenated alkanes) is 1. The maximum atomic E-state index is 11.8. The van der Waals surface area contributed by atoms with Crippen LogP contribution in [0, 0.1) is 0 Å². The Bertz CT molecular complexity index is 310. The number of para-hydroxylation sites is 1. The van der Waals surface area contributed by atoms with Crippen LogP contribution in [0.1, 0.15) is 19.8 Å². The highest BCUT2D eigenvalue weighted by molar-refractivity contribution is 7.85. The molecule has 0 saturated heterocycles.